The highest BCUT2D eigenvalue weighted by atomic mass is 32.1. The van der Waals surface area contributed by atoms with Crippen molar-refractivity contribution in [1.29, 1.82) is 0 Å². The smallest absolute Gasteiger partial charge is 0.345 e. The van der Waals surface area contributed by atoms with Crippen LogP contribution in [0.5, 0.6) is 0 Å². The number of piperidine rings is 1. The molecule has 1 amide bonds. The number of amides is 1. The molecule has 3 N–H and O–H groups in total. The van der Waals surface area contributed by atoms with Crippen molar-refractivity contribution < 1.29 is 14.7 Å². The second-order valence-corrected chi connectivity index (χ2v) is 4.99. The summed E-state index contributed by atoms with van der Waals surface area (Å²) in [5.74, 6) is -1.28. The van der Waals surface area contributed by atoms with Gasteiger partial charge in [-0.2, -0.15) is 0 Å². The number of nitrogens with two attached hydrogens (primary N) is 1. The van der Waals surface area contributed by atoms with Crippen LogP contribution in [-0.2, 0) is 4.79 Å². The van der Waals surface area contributed by atoms with Gasteiger partial charge < -0.3 is 15.7 Å². The third-order valence-electron chi connectivity index (χ3n) is 2.96. The van der Waals surface area contributed by atoms with Gasteiger partial charge in [-0.3, -0.25) is 4.79 Å². The first-order valence-corrected chi connectivity index (χ1v) is 6.35. The van der Waals surface area contributed by atoms with Gasteiger partial charge in [-0.05, 0) is 25.3 Å². The SMILES string of the molecule is NC(=O)C1CCCCN1c1csc(C(=O)O)c1. The molecule has 0 aromatic carbocycles. The monoisotopic (exact) mass is 254 g/mol. The van der Waals surface area contributed by atoms with Crippen LogP contribution in [0, 0.1) is 0 Å². The van der Waals surface area contributed by atoms with E-state index < -0.39 is 5.97 Å². The number of rotatable bonds is 3. The molecule has 1 aliphatic heterocycles. The molecule has 1 saturated heterocycles. The second kappa shape index (κ2) is 4.75. The average molecular weight is 254 g/mol. The van der Waals surface area contributed by atoms with Crippen LogP contribution < -0.4 is 10.6 Å². The lowest BCUT2D eigenvalue weighted by molar-refractivity contribution is -0.119. The number of thiophene rings is 1. The Labute approximate surface area is 103 Å². The molecule has 1 unspecified atom stereocenters. The molecule has 1 atom stereocenters. The number of hydrogen-bond donors (Lipinski definition) is 2. The van der Waals surface area contributed by atoms with Gasteiger partial charge in [0.05, 0.1) is 0 Å². The molecule has 1 aliphatic rings. The van der Waals surface area contributed by atoms with E-state index in [0.717, 1.165) is 31.5 Å². The van der Waals surface area contributed by atoms with Crippen molar-refractivity contribution in [2.45, 2.75) is 25.3 Å². The van der Waals surface area contributed by atoms with Gasteiger partial charge in [-0.15, -0.1) is 11.3 Å². The number of hydrogen-bond acceptors (Lipinski definition) is 4. The van der Waals surface area contributed by atoms with Crippen LogP contribution in [-0.4, -0.2) is 29.6 Å². The summed E-state index contributed by atoms with van der Waals surface area (Å²) in [6.07, 6.45) is 2.73. The zero-order chi connectivity index (χ0) is 12.4. The van der Waals surface area contributed by atoms with E-state index in [9.17, 15) is 9.59 Å². The van der Waals surface area contributed by atoms with E-state index in [1.54, 1.807) is 11.4 Å². The minimum atomic E-state index is -0.936. The number of anilines is 1. The predicted molar refractivity (Wildman–Crippen MR) is 65.5 cm³/mol. The van der Waals surface area contributed by atoms with Crippen LogP contribution in [0.15, 0.2) is 11.4 Å². The number of carboxylic acids is 1. The highest BCUT2D eigenvalue weighted by Crippen LogP contribution is 2.29. The maximum atomic E-state index is 11.3. The molecule has 0 saturated carbocycles. The number of aromatic carboxylic acids is 1. The highest BCUT2D eigenvalue weighted by molar-refractivity contribution is 7.12. The molecule has 92 valence electrons. The third kappa shape index (κ3) is 2.41. The van der Waals surface area contributed by atoms with Gasteiger partial charge in [-0.25, -0.2) is 4.79 Å². The van der Waals surface area contributed by atoms with E-state index in [1.807, 2.05) is 4.90 Å². The Balaban J connectivity index is 2.23. The molecule has 17 heavy (non-hydrogen) atoms. The van der Waals surface area contributed by atoms with Crippen molar-refractivity contribution in [3.63, 3.8) is 0 Å². The Bertz CT molecular complexity index is 444. The highest BCUT2D eigenvalue weighted by Gasteiger charge is 2.28. The number of nitrogens with zero attached hydrogens (tertiary/aromatic N) is 1. The number of carbonyl (C=O) groups is 2. The van der Waals surface area contributed by atoms with Gasteiger partial charge in [0, 0.05) is 17.6 Å². The van der Waals surface area contributed by atoms with E-state index in [4.69, 9.17) is 10.8 Å². The van der Waals surface area contributed by atoms with Gasteiger partial charge in [0.2, 0.25) is 5.91 Å². The van der Waals surface area contributed by atoms with Crippen molar-refractivity contribution in [3.05, 3.63) is 16.3 Å². The second-order valence-electron chi connectivity index (χ2n) is 4.08. The van der Waals surface area contributed by atoms with Gasteiger partial charge in [0.15, 0.2) is 0 Å². The van der Waals surface area contributed by atoms with Gasteiger partial charge >= 0.3 is 5.97 Å². The Kier molecular flexibility index (Phi) is 3.33. The fourth-order valence-electron chi connectivity index (χ4n) is 2.13. The van der Waals surface area contributed by atoms with Crippen molar-refractivity contribution >= 4 is 28.9 Å². The van der Waals surface area contributed by atoms with E-state index in [1.165, 1.54) is 11.3 Å². The summed E-state index contributed by atoms with van der Waals surface area (Å²) in [5, 5.41) is 10.6. The molecule has 0 aliphatic carbocycles. The summed E-state index contributed by atoms with van der Waals surface area (Å²) in [7, 11) is 0. The molecule has 0 spiro atoms. The van der Waals surface area contributed by atoms with Gasteiger partial charge in [-0.1, -0.05) is 0 Å². The fraction of sp³-hybridized carbons (Fsp3) is 0.455. The zero-order valence-electron chi connectivity index (χ0n) is 9.26. The minimum absolute atomic E-state index is 0.286. The van der Waals surface area contributed by atoms with Crippen molar-refractivity contribution in [3.8, 4) is 0 Å². The van der Waals surface area contributed by atoms with E-state index >= 15 is 0 Å². The lowest BCUT2D eigenvalue weighted by Gasteiger charge is -2.34. The number of carbonyl (C=O) groups excluding carboxylic acids is 1. The Hall–Kier alpha value is -1.56. The van der Waals surface area contributed by atoms with Crippen LogP contribution in [0.3, 0.4) is 0 Å². The summed E-state index contributed by atoms with van der Waals surface area (Å²) in [6.45, 7) is 0.753. The van der Waals surface area contributed by atoms with Crippen molar-refractivity contribution in [2.75, 3.05) is 11.4 Å². The van der Waals surface area contributed by atoms with Crippen LogP contribution in [0.2, 0.25) is 0 Å². The van der Waals surface area contributed by atoms with Crippen molar-refractivity contribution in [1.82, 2.24) is 0 Å². The summed E-state index contributed by atoms with van der Waals surface area (Å²) < 4.78 is 0. The number of primary amides is 1. The zero-order valence-corrected chi connectivity index (χ0v) is 10.1. The maximum Gasteiger partial charge on any atom is 0.345 e. The molecule has 2 rings (SSSR count). The van der Waals surface area contributed by atoms with Crippen LogP contribution in [0.1, 0.15) is 28.9 Å². The van der Waals surface area contributed by atoms with Gasteiger partial charge in [0.25, 0.3) is 0 Å². The average Bonchev–Trinajstić information content (AvgIpc) is 2.78. The molecule has 6 heteroatoms. The minimum Gasteiger partial charge on any atom is -0.477 e. The quantitative estimate of drug-likeness (QED) is 0.851. The largest absolute Gasteiger partial charge is 0.477 e. The Morgan fingerprint density at radius 2 is 2.24 bits per heavy atom. The lowest BCUT2D eigenvalue weighted by Crippen LogP contribution is -2.47. The maximum absolute atomic E-state index is 11.3. The Morgan fingerprint density at radius 3 is 2.82 bits per heavy atom. The summed E-state index contributed by atoms with van der Waals surface area (Å²) in [5.41, 5.74) is 6.16. The lowest BCUT2D eigenvalue weighted by atomic mass is 10.0. The normalized spacial score (nSPS) is 20.2. The molecule has 1 aromatic rings. The molecule has 0 bridgehead atoms. The predicted octanol–water partition coefficient (Wildman–Crippen LogP) is 1.29. The fourth-order valence-corrected chi connectivity index (χ4v) is 2.87. The molecule has 2 heterocycles. The first-order chi connectivity index (χ1) is 8.09. The van der Waals surface area contributed by atoms with Crippen molar-refractivity contribution in [2.24, 2.45) is 5.73 Å². The molecule has 0 radical (unpaired) electrons. The van der Waals surface area contributed by atoms with Crippen LogP contribution >= 0.6 is 11.3 Å². The topological polar surface area (TPSA) is 83.6 Å². The molecule has 1 fully saturated rings. The van der Waals surface area contributed by atoms with E-state index in [-0.39, 0.29) is 16.8 Å². The van der Waals surface area contributed by atoms with Crippen LogP contribution in [0.4, 0.5) is 5.69 Å². The summed E-state index contributed by atoms with van der Waals surface area (Å²) >= 11 is 1.17. The summed E-state index contributed by atoms with van der Waals surface area (Å²) in [6, 6.07) is 1.30. The first kappa shape index (κ1) is 11.9. The molecule has 1 aromatic heterocycles. The van der Waals surface area contributed by atoms with E-state index in [0.29, 0.717) is 0 Å². The standard InChI is InChI=1S/C11H14N2O3S/c12-10(14)8-3-1-2-4-13(8)7-5-9(11(15)16)17-6-7/h5-6,8H,1-4H2,(H2,12,14)(H,15,16). The Morgan fingerprint density at radius 1 is 1.47 bits per heavy atom. The van der Waals surface area contributed by atoms with Crippen LogP contribution in [0.25, 0.3) is 0 Å². The van der Waals surface area contributed by atoms with Gasteiger partial charge in [0.1, 0.15) is 10.9 Å². The molecular weight excluding hydrogens is 240 g/mol. The van der Waals surface area contributed by atoms with E-state index in [2.05, 4.69) is 0 Å². The number of carboxylic acid groups (broad SMARTS) is 1. The summed E-state index contributed by atoms with van der Waals surface area (Å²) in [4.78, 5) is 24.4. The molecular formula is C11H14N2O3S. The first-order valence-electron chi connectivity index (χ1n) is 5.47. The molecule has 5 nitrogen and oxygen atoms in total. The third-order valence-corrected chi connectivity index (χ3v) is 3.87.